The third-order valence-corrected chi connectivity index (χ3v) is 7.99. The Morgan fingerprint density at radius 2 is 1.87 bits per heavy atom. The first-order valence-electron chi connectivity index (χ1n) is 12.7. The maximum absolute atomic E-state index is 13.7. The molecule has 202 valence electrons. The Balaban J connectivity index is 1.57. The molecule has 3 aromatic rings. The number of carbonyl (C=O) groups excluding carboxylic acids is 3. The van der Waals surface area contributed by atoms with Crippen LogP contribution in [0.2, 0.25) is 0 Å². The van der Waals surface area contributed by atoms with Gasteiger partial charge in [0.2, 0.25) is 5.91 Å². The van der Waals surface area contributed by atoms with Gasteiger partial charge in [-0.05, 0) is 68.0 Å². The van der Waals surface area contributed by atoms with Crippen molar-refractivity contribution >= 4 is 39.9 Å². The maximum atomic E-state index is 13.7. The zero-order valence-corrected chi connectivity index (χ0v) is 23.9. The molecule has 1 aliphatic heterocycles. The molecule has 0 unspecified atom stereocenters. The summed E-state index contributed by atoms with van der Waals surface area (Å²) in [6.45, 7) is 12.3. The van der Waals surface area contributed by atoms with E-state index in [1.54, 1.807) is 37.1 Å². The maximum Gasteiger partial charge on any atom is 0.324 e. The highest BCUT2D eigenvalue weighted by atomic mass is 32.1. The summed E-state index contributed by atoms with van der Waals surface area (Å²) in [6.07, 6.45) is 1.69. The predicted molar refractivity (Wildman–Crippen MR) is 155 cm³/mol. The highest BCUT2D eigenvalue weighted by Gasteiger charge is 2.42. The van der Waals surface area contributed by atoms with Gasteiger partial charge in [-0.2, -0.15) is 0 Å². The van der Waals surface area contributed by atoms with E-state index in [9.17, 15) is 14.4 Å². The van der Waals surface area contributed by atoms with Crippen LogP contribution in [0.5, 0.6) is 0 Å². The summed E-state index contributed by atoms with van der Waals surface area (Å²) >= 11 is 1.36. The molecule has 2 aromatic heterocycles. The van der Waals surface area contributed by atoms with Gasteiger partial charge in [0.15, 0.2) is 0 Å². The number of urea groups is 1. The van der Waals surface area contributed by atoms with Crippen LogP contribution >= 0.6 is 11.3 Å². The number of anilines is 2. The van der Waals surface area contributed by atoms with Gasteiger partial charge >= 0.3 is 6.03 Å². The first kappa shape index (κ1) is 27.9. The standard InChI is InChI=1S/C30H33N5O3S/c1-19-10-12-22(17-20(19)11-13-21-9-7-8-14-31-21)33-28(38)34-25-23(18-24(39-25)29(2,3)4)26(36)35-16-15-32-27(37)30(35,5)6/h7-10,12,14,17-18H,15-16H2,1-6H3,(H,32,37)(H2,33,34,38). The first-order chi connectivity index (χ1) is 18.4. The smallest absolute Gasteiger partial charge is 0.324 e. The minimum absolute atomic E-state index is 0.207. The molecular formula is C30H33N5O3S. The molecule has 3 N–H and O–H groups in total. The molecule has 1 fully saturated rings. The lowest BCUT2D eigenvalue weighted by molar-refractivity contribution is -0.133. The van der Waals surface area contributed by atoms with Crippen molar-refractivity contribution in [3.63, 3.8) is 0 Å². The van der Waals surface area contributed by atoms with Crippen LogP contribution in [0.15, 0.2) is 48.7 Å². The number of hydrogen-bond acceptors (Lipinski definition) is 5. The van der Waals surface area contributed by atoms with Crippen LogP contribution in [-0.4, -0.2) is 46.4 Å². The molecule has 8 nitrogen and oxygen atoms in total. The molecule has 39 heavy (non-hydrogen) atoms. The Morgan fingerprint density at radius 3 is 2.56 bits per heavy atom. The summed E-state index contributed by atoms with van der Waals surface area (Å²) in [5, 5.41) is 8.99. The second-order valence-corrected chi connectivity index (χ2v) is 12.0. The molecule has 3 heterocycles. The average molecular weight is 544 g/mol. The van der Waals surface area contributed by atoms with Gasteiger partial charge < -0.3 is 15.5 Å². The predicted octanol–water partition coefficient (Wildman–Crippen LogP) is 5.14. The quantitative estimate of drug-likeness (QED) is 0.398. The lowest BCUT2D eigenvalue weighted by Gasteiger charge is -2.41. The van der Waals surface area contributed by atoms with Crippen molar-refractivity contribution in [2.75, 3.05) is 23.7 Å². The third-order valence-electron chi connectivity index (χ3n) is 6.51. The van der Waals surface area contributed by atoms with Crippen LogP contribution in [0.25, 0.3) is 0 Å². The van der Waals surface area contributed by atoms with Gasteiger partial charge in [-0.1, -0.05) is 38.8 Å². The fourth-order valence-electron chi connectivity index (χ4n) is 4.08. The number of thiophene rings is 1. The van der Waals surface area contributed by atoms with Crippen molar-refractivity contribution in [2.45, 2.75) is 52.5 Å². The van der Waals surface area contributed by atoms with E-state index in [1.165, 1.54) is 11.3 Å². The topological polar surface area (TPSA) is 103 Å². The molecule has 1 aliphatic rings. The lowest BCUT2D eigenvalue weighted by atomic mass is 9.93. The lowest BCUT2D eigenvalue weighted by Crippen LogP contribution is -2.63. The summed E-state index contributed by atoms with van der Waals surface area (Å²) in [5.41, 5.74) is 2.10. The minimum atomic E-state index is -1.01. The van der Waals surface area contributed by atoms with Gasteiger partial charge in [0, 0.05) is 35.4 Å². The summed E-state index contributed by atoms with van der Waals surface area (Å²) in [7, 11) is 0. The summed E-state index contributed by atoms with van der Waals surface area (Å²) < 4.78 is 0. The number of rotatable bonds is 3. The number of hydrogen-bond donors (Lipinski definition) is 3. The van der Waals surface area contributed by atoms with Crippen molar-refractivity contribution in [1.29, 1.82) is 0 Å². The molecule has 4 rings (SSSR count). The van der Waals surface area contributed by atoms with Gasteiger partial charge in [0.1, 0.15) is 16.2 Å². The second kappa shape index (κ2) is 10.9. The summed E-state index contributed by atoms with van der Waals surface area (Å²) in [4.78, 5) is 46.0. The number of pyridine rings is 1. The Hall–Kier alpha value is -4.16. The van der Waals surface area contributed by atoms with E-state index in [0.29, 0.717) is 35.0 Å². The minimum Gasteiger partial charge on any atom is -0.352 e. The van der Waals surface area contributed by atoms with Crippen molar-refractivity contribution in [2.24, 2.45) is 0 Å². The average Bonchev–Trinajstić information content (AvgIpc) is 3.30. The van der Waals surface area contributed by atoms with E-state index in [1.807, 2.05) is 37.3 Å². The molecule has 0 saturated carbocycles. The van der Waals surface area contributed by atoms with Crippen molar-refractivity contribution in [3.05, 3.63) is 75.9 Å². The molecule has 1 aromatic carbocycles. The third kappa shape index (κ3) is 6.29. The van der Waals surface area contributed by atoms with Gasteiger partial charge in [0.25, 0.3) is 5.91 Å². The zero-order valence-electron chi connectivity index (χ0n) is 23.1. The highest BCUT2D eigenvalue weighted by Crippen LogP contribution is 2.37. The van der Waals surface area contributed by atoms with E-state index in [0.717, 1.165) is 16.0 Å². The Morgan fingerprint density at radius 1 is 1.10 bits per heavy atom. The van der Waals surface area contributed by atoms with E-state index in [2.05, 4.69) is 53.5 Å². The number of aromatic nitrogens is 1. The van der Waals surface area contributed by atoms with Crippen LogP contribution in [0.4, 0.5) is 15.5 Å². The molecule has 0 spiro atoms. The van der Waals surface area contributed by atoms with E-state index >= 15 is 0 Å². The van der Waals surface area contributed by atoms with Crippen LogP contribution in [0.3, 0.4) is 0 Å². The molecule has 1 saturated heterocycles. The van der Waals surface area contributed by atoms with Gasteiger partial charge in [-0.3, -0.25) is 14.9 Å². The van der Waals surface area contributed by atoms with Crippen molar-refractivity contribution in [1.82, 2.24) is 15.2 Å². The monoisotopic (exact) mass is 543 g/mol. The number of aryl methyl sites for hydroxylation is 1. The van der Waals surface area contributed by atoms with E-state index in [4.69, 9.17) is 0 Å². The van der Waals surface area contributed by atoms with Gasteiger partial charge in [-0.25, -0.2) is 9.78 Å². The van der Waals surface area contributed by atoms with Crippen LogP contribution < -0.4 is 16.0 Å². The van der Waals surface area contributed by atoms with E-state index < -0.39 is 11.6 Å². The number of carbonyl (C=O) groups is 3. The summed E-state index contributed by atoms with van der Waals surface area (Å²) in [6, 6.07) is 12.4. The Kier molecular flexibility index (Phi) is 7.79. The number of piperazine rings is 1. The molecule has 9 heteroatoms. The van der Waals surface area contributed by atoms with Crippen LogP contribution in [0, 0.1) is 18.8 Å². The fraction of sp³-hybridized carbons (Fsp3) is 0.333. The van der Waals surface area contributed by atoms with Crippen molar-refractivity contribution < 1.29 is 14.4 Å². The Labute approximate surface area is 233 Å². The van der Waals surface area contributed by atoms with Gasteiger partial charge in [-0.15, -0.1) is 11.3 Å². The summed E-state index contributed by atoms with van der Waals surface area (Å²) in [5.74, 6) is 5.66. The molecule has 0 bridgehead atoms. The Bertz CT molecular complexity index is 1480. The highest BCUT2D eigenvalue weighted by molar-refractivity contribution is 7.16. The molecule has 4 amide bonds. The molecule has 0 radical (unpaired) electrons. The van der Waals surface area contributed by atoms with Crippen molar-refractivity contribution in [3.8, 4) is 11.8 Å². The van der Waals surface area contributed by atoms with Gasteiger partial charge in [0.05, 0.1) is 5.56 Å². The molecule has 0 aliphatic carbocycles. The van der Waals surface area contributed by atoms with E-state index in [-0.39, 0.29) is 17.2 Å². The van der Waals surface area contributed by atoms with Crippen LogP contribution in [-0.2, 0) is 10.2 Å². The second-order valence-electron chi connectivity index (χ2n) is 10.9. The number of benzene rings is 1. The largest absolute Gasteiger partial charge is 0.352 e. The fourth-order valence-corrected chi connectivity index (χ4v) is 5.18. The normalized spacial score (nSPS) is 14.6. The number of nitrogens with zero attached hydrogens (tertiary/aromatic N) is 2. The SMILES string of the molecule is Cc1ccc(NC(=O)Nc2sc(C(C)(C)C)cc2C(=O)N2CCNC(=O)C2(C)C)cc1C#Cc1ccccn1. The number of nitrogens with one attached hydrogen (secondary N) is 3. The molecule has 0 atom stereocenters. The number of amides is 4. The van der Waals surface area contributed by atoms with Crippen LogP contribution in [0.1, 0.15) is 66.7 Å². The zero-order chi connectivity index (χ0) is 28.4. The molecular weight excluding hydrogens is 510 g/mol. The first-order valence-corrected chi connectivity index (χ1v) is 13.5.